The second kappa shape index (κ2) is 3.38. The van der Waals surface area contributed by atoms with E-state index in [-0.39, 0.29) is 11.2 Å². The second-order valence-corrected chi connectivity index (χ2v) is 4.05. The maximum atomic E-state index is 12.1. The molecule has 0 unspecified atom stereocenters. The number of nitrogens with zero attached hydrogens (tertiary/aromatic N) is 3. The molecule has 0 fully saturated rings. The fourth-order valence-electron chi connectivity index (χ4n) is 2.19. The Hall–Kier alpha value is -2.24. The van der Waals surface area contributed by atoms with Crippen LogP contribution in [0.2, 0.25) is 0 Å². The highest BCUT2D eigenvalue weighted by Crippen LogP contribution is 2.19. The van der Waals surface area contributed by atoms with Crippen LogP contribution < -0.4 is 5.56 Å². The Morgan fingerprint density at radius 1 is 1.41 bits per heavy atom. The predicted molar refractivity (Wildman–Crippen MR) is 61.0 cm³/mol. The summed E-state index contributed by atoms with van der Waals surface area (Å²) < 4.78 is 1.65. The van der Waals surface area contributed by atoms with Gasteiger partial charge in [-0.25, -0.2) is 4.98 Å². The third kappa shape index (κ3) is 1.41. The molecule has 1 aromatic heterocycles. The smallest absolute Gasteiger partial charge is 0.271 e. The SMILES string of the molecule is O=c1c2ccc([N+](=O)[O-])cc2nc2n1CCC2. The molecule has 0 saturated carbocycles. The summed E-state index contributed by atoms with van der Waals surface area (Å²) in [5.74, 6) is 0.725. The van der Waals surface area contributed by atoms with Crippen LogP contribution in [0, 0.1) is 10.1 Å². The number of benzene rings is 1. The zero-order chi connectivity index (χ0) is 12.0. The van der Waals surface area contributed by atoms with Crippen LogP contribution in [-0.4, -0.2) is 14.5 Å². The number of nitro benzene ring substituents is 1. The van der Waals surface area contributed by atoms with Gasteiger partial charge in [-0.3, -0.25) is 19.5 Å². The highest BCUT2D eigenvalue weighted by Gasteiger charge is 2.17. The summed E-state index contributed by atoms with van der Waals surface area (Å²) in [6.45, 7) is 0.689. The van der Waals surface area contributed by atoms with E-state index in [0.29, 0.717) is 17.4 Å². The number of nitro groups is 1. The lowest BCUT2D eigenvalue weighted by Gasteiger charge is -2.04. The Labute approximate surface area is 95.7 Å². The van der Waals surface area contributed by atoms with E-state index in [0.717, 1.165) is 18.7 Å². The predicted octanol–water partition coefficient (Wildman–Crippen LogP) is 1.25. The summed E-state index contributed by atoms with van der Waals surface area (Å²) >= 11 is 0. The monoisotopic (exact) mass is 231 g/mol. The molecule has 6 heteroatoms. The van der Waals surface area contributed by atoms with Crippen LogP contribution in [0.1, 0.15) is 12.2 Å². The van der Waals surface area contributed by atoms with Crippen molar-refractivity contribution < 1.29 is 4.92 Å². The molecule has 0 amide bonds. The van der Waals surface area contributed by atoms with E-state index in [1.54, 1.807) is 4.57 Å². The van der Waals surface area contributed by atoms with Gasteiger partial charge in [0.05, 0.1) is 15.8 Å². The van der Waals surface area contributed by atoms with Crippen molar-refractivity contribution in [1.29, 1.82) is 0 Å². The van der Waals surface area contributed by atoms with Gasteiger partial charge >= 0.3 is 0 Å². The number of rotatable bonds is 1. The summed E-state index contributed by atoms with van der Waals surface area (Å²) in [5.41, 5.74) is 0.280. The lowest BCUT2D eigenvalue weighted by molar-refractivity contribution is -0.384. The number of fused-ring (bicyclic) bond motifs is 2. The van der Waals surface area contributed by atoms with E-state index in [2.05, 4.69) is 4.98 Å². The molecule has 0 aliphatic carbocycles. The first kappa shape index (κ1) is 9.95. The molecular formula is C11H9N3O3. The fraction of sp³-hybridized carbons (Fsp3) is 0.273. The molecule has 2 aromatic rings. The lowest BCUT2D eigenvalue weighted by Crippen LogP contribution is -2.20. The average molecular weight is 231 g/mol. The molecule has 6 nitrogen and oxygen atoms in total. The van der Waals surface area contributed by atoms with Crippen molar-refractivity contribution >= 4 is 16.6 Å². The summed E-state index contributed by atoms with van der Waals surface area (Å²) in [6, 6.07) is 4.18. The Balaban J connectivity index is 2.36. The molecular weight excluding hydrogens is 222 g/mol. The van der Waals surface area contributed by atoms with Crippen LogP contribution in [0.3, 0.4) is 0 Å². The van der Waals surface area contributed by atoms with E-state index in [9.17, 15) is 14.9 Å². The van der Waals surface area contributed by atoms with Crippen molar-refractivity contribution in [3.8, 4) is 0 Å². The number of non-ortho nitro benzene ring substituents is 1. The normalized spacial score (nSPS) is 13.9. The maximum Gasteiger partial charge on any atom is 0.271 e. The molecule has 3 rings (SSSR count). The highest BCUT2D eigenvalue weighted by atomic mass is 16.6. The molecule has 86 valence electrons. The number of aromatic nitrogens is 2. The van der Waals surface area contributed by atoms with Crippen molar-refractivity contribution in [3.63, 3.8) is 0 Å². The van der Waals surface area contributed by atoms with E-state index >= 15 is 0 Å². The topological polar surface area (TPSA) is 78.0 Å². The van der Waals surface area contributed by atoms with Crippen molar-refractivity contribution in [2.24, 2.45) is 0 Å². The average Bonchev–Trinajstić information content (AvgIpc) is 2.77. The number of hydrogen-bond donors (Lipinski definition) is 0. The minimum Gasteiger partial charge on any atom is -0.296 e. The van der Waals surface area contributed by atoms with Gasteiger partial charge in [0.2, 0.25) is 0 Å². The Morgan fingerprint density at radius 3 is 3.00 bits per heavy atom. The fourth-order valence-corrected chi connectivity index (χ4v) is 2.19. The Morgan fingerprint density at radius 2 is 2.24 bits per heavy atom. The minimum absolute atomic E-state index is 0.0349. The van der Waals surface area contributed by atoms with E-state index in [1.165, 1.54) is 18.2 Å². The molecule has 0 radical (unpaired) electrons. The molecule has 0 N–H and O–H groups in total. The molecule has 0 saturated heterocycles. The number of hydrogen-bond acceptors (Lipinski definition) is 4. The minimum atomic E-state index is -0.480. The van der Waals surface area contributed by atoms with Gasteiger partial charge < -0.3 is 0 Å². The van der Waals surface area contributed by atoms with Gasteiger partial charge in [0.25, 0.3) is 11.2 Å². The summed E-state index contributed by atoms with van der Waals surface area (Å²) in [4.78, 5) is 26.6. The molecule has 2 heterocycles. The van der Waals surface area contributed by atoms with Crippen molar-refractivity contribution in [2.75, 3.05) is 0 Å². The van der Waals surface area contributed by atoms with Gasteiger partial charge in [0, 0.05) is 25.1 Å². The molecule has 1 aliphatic heterocycles. The van der Waals surface area contributed by atoms with Crippen LogP contribution in [0.15, 0.2) is 23.0 Å². The molecule has 0 bridgehead atoms. The molecule has 1 aliphatic rings. The van der Waals surface area contributed by atoms with Gasteiger partial charge in [-0.15, -0.1) is 0 Å². The third-order valence-corrected chi connectivity index (χ3v) is 3.01. The van der Waals surface area contributed by atoms with Crippen LogP contribution in [0.5, 0.6) is 0 Å². The first-order chi connectivity index (χ1) is 8.16. The first-order valence-electron chi connectivity index (χ1n) is 5.35. The lowest BCUT2D eigenvalue weighted by atomic mass is 10.2. The highest BCUT2D eigenvalue weighted by molar-refractivity contribution is 5.80. The zero-order valence-electron chi connectivity index (χ0n) is 8.92. The van der Waals surface area contributed by atoms with E-state index in [4.69, 9.17) is 0 Å². The van der Waals surface area contributed by atoms with Crippen molar-refractivity contribution in [1.82, 2.24) is 9.55 Å². The van der Waals surface area contributed by atoms with E-state index < -0.39 is 4.92 Å². The van der Waals surface area contributed by atoms with E-state index in [1.807, 2.05) is 0 Å². The van der Waals surface area contributed by atoms with Crippen LogP contribution in [0.4, 0.5) is 5.69 Å². The third-order valence-electron chi connectivity index (χ3n) is 3.01. The zero-order valence-corrected chi connectivity index (χ0v) is 8.92. The summed E-state index contributed by atoms with van der Waals surface area (Å²) in [6.07, 6.45) is 1.66. The van der Waals surface area contributed by atoms with Gasteiger partial charge in [0.15, 0.2) is 0 Å². The summed E-state index contributed by atoms with van der Waals surface area (Å²) in [5, 5.41) is 11.1. The van der Waals surface area contributed by atoms with Crippen LogP contribution in [-0.2, 0) is 13.0 Å². The van der Waals surface area contributed by atoms with Gasteiger partial charge in [-0.1, -0.05) is 0 Å². The standard InChI is InChI=1S/C11H9N3O3/c15-11-8-4-3-7(14(16)17)6-9(8)12-10-2-1-5-13(10)11/h3-4,6H,1-2,5H2. The molecule has 17 heavy (non-hydrogen) atoms. The van der Waals surface area contributed by atoms with Gasteiger partial charge in [-0.2, -0.15) is 0 Å². The Kier molecular flexibility index (Phi) is 1.98. The van der Waals surface area contributed by atoms with Crippen LogP contribution >= 0.6 is 0 Å². The summed E-state index contributed by atoms with van der Waals surface area (Å²) in [7, 11) is 0. The molecule has 0 spiro atoms. The quantitative estimate of drug-likeness (QED) is 0.546. The molecule has 0 atom stereocenters. The Bertz CT molecular complexity index is 690. The van der Waals surface area contributed by atoms with Gasteiger partial charge in [-0.05, 0) is 12.5 Å². The van der Waals surface area contributed by atoms with Crippen LogP contribution in [0.25, 0.3) is 10.9 Å². The molecule has 1 aromatic carbocycles. The number of aryl methyl sites for hydroxylation is 1. The van der Waals surface area contributed by atoms with Gasteiger partial charge in [0.1, 0.15) is 5.82 Å². The van der Waals surface area contributed by atoms with Crippen molar-refractivity contribution in [3.05, 3.63) is 44.5 Å². The largest absolute Gasteiger partial charge is 0.296 e. The first-order valence-corrected chi connectivity index (χ1v) is 5.35. The maximum absolute atomic E-state index is 12.1. The second-order valence-electron chi connectivity index (χ2n) is 4.05. The van der Waals surface area contributed by atoms with Crippen molar-refractivity contribution in [2.45, 2.75) is 19.4 Å².